The van der Waals surface area contributed by atoms with Crippen LogP contribution in [0.25, 0.3) is 0 Å². The van der Waals surface area contributed by atoms with Crippen molar-refractivity contribution in [1.82, 2.24) is 0 Å². The molecule has 1 atom stereocenters. The highest BCUT2D eigenvalue weighted by atomic mass is 28.4. The molecular weight excluding hydrogens is 236 g/mol. The van der Waals surface area contributed by atoms with Gasteiger partial charge in [0.2, 0.25) is 8.32 Å². The van der Waals surface area contributed by atoms with Gasteiger partial charge in [-0.15, -0.1) is 0 Å². The maximum Gasteiger partial charge on any atom is 0.201 e. The molecule has 0 aliphatic carbocycles. The van der Waals surface area contributed by atoms with E-state index in [1.807, 2.05) is 0 Å². The third-order valence-electron chi connectivity index (χ3n) is 4.25. The lowest BCUT2D eigenvalue weighted by Gasteiger charge is -2.48. The highest BCUT2D eigenvalue weighted by molar-refractivity contribution is 6.78. The van der Waals surface area contributed by atoms with Crippen LogP contribution in [0.2, 0.25) is 16.6 Å². The van der Waals surface area contributed by atoms with Crippen molar-refractivity contribution in [2.75, 3.05) is 6.61 Å². The smallest absolute Gasteiger partial charge is 0.201 e. The fraction of sp³-hybridized carbons (Fsp3) is 0.875. The van der Waals surface area contributed by atoms with E-state index >= 15 is 0 Å². The predicted octanol–water partition coefficient (Wildman–Crippen LogP) is 5.78. The monoisotopic (exact) mass is 270 g/mol. The van der Waals surface area contributed by atoms with Crippen molar-refractivity contribution in [3.63, 3.8) is 0 Å². The average molecular weight is 271 g/mol. The zero-order chi connectivity index (χ0) is 14.6. The first-order valence-corrected chi connectivity index (χ1v) is 9.56. The van der Waals surface area contributed by atoms with Crippen molar-refractivity contribution in [3.05, 3.63) is 12.2 Å². The molecule has 0 aliphatic rings. The van der Waals surface area contributed by atoms with Gasteiger partial charge >= 0.3 is 0 Å². The molecule has 18 heavy (non-hydrogen) atoms. The summed E-state index contributed by atoms with van der Waals surface area (Å²) in [6.45, 7) is 23.2. The second-order valence-electron chi connectivity index (χ2n) is 7.13. The molecule has 0 heterocycles. The van der Waals surface area contributed by atoms with Gasteiger partial charge in [0.05, 0.1) is 6.61 Å². The first-order valence-electron chi connectivity index (χ1n) is 7.37. The molecule has 2 heteroatoms. The third kappa shape index (κ3) is 4.24. The predicted molar refractivity (Wildman–Crippen MR) is 85.6 cm³/mol. The Labute approximate surface area is 116 Å². The van der Waals surface area contributed by atoms with Gasteiger partial charge < -0.3 is 4.43 Å². The van der Waals surface area contributed by atoms with E-state index in [0.29, 0.717) is 16.5 Å². The maximum absolute atomic E-state index is 6.56. The van der Waals surface area contributed by atoms with Crippen LogP contribution in [0.1, 0.15) is 61.8 Å². The summed E-state index contributed by atoms with van der Waals surface area (Å²) in [7, 11) is -1.79. The second-order valence-corrected chi connectivity index (χ2v) is 12.1. The lowest BCUT2D eigenvalue weighted by atomic mass is 10.1. The van der Waals surface area contributed by atoms with Crippen LogP contribution in [0.3, 0.4) is 0 Å². The van der Waals surface area contributed by atoms with E-state index < -0.39 is 8.32 Å². The molecule has 1 nitrogen and oxygen atoms in total. The average Bonchev–Trinajstić information content (AvgIpc) is 2.22. The van der Waals surface area contributed by atoms with E-state index in [-0.39, 0.29) is 0 Å². The van der Waals surface area contributed by atoms with Gasteiger partial charge in [-0.3, -0.25) is 0 Å². The van der Waals surface area contributed by atoms with Crippen LogP contribution in [-0.2, 0) is 4.43 Å². The van der Waals surface area contributed by atoms with Crippen LogP contribution in [0.15, 0.2) is 12.2 Å². The minimum absolute atomic E-state index is 0.320. The molecule has 0 saturated heterocycles. The van der Waals surface area contributed by atoms with Crippen molar-refractivity contribution >= 4 is 8.32 Å². The highest BCUT2D eigenvalue weighted by Crippen LogP contribution is 2.50. The Morgan fingerprint density at radius 2 is 1.72 bits per heavy atom. The maximum atomic E-state index is 6.56. The Bertz CT molecular complexity index is 268. The molecule has 0 bridgehead atoms. The third-order valence-corrected chi connectivity index (χ3v) is 10.8. The summed E-state index contributed by atoms with van der Waals surface area (Å²) in [6.07, 6.45) is 1.19. The van der Waals surface area contributed by atoms with Gasteiger partial charge in [-0.25, -0.2) is 0 Å². The molecular formula is C16H34OSi. The molecule has 0 radical (unpaired) electrons. The van der Waals surface area contributed by atoms with Gasteiger partial charge in [0.1, 0.15) is 0 Å². The van der Waals surface area contributed by atoms with Gasteiger partial charge in [-0.2, -0.15) is 0 Å². The van der Waals surface area contributed by atoms with Gasteiger partial charge in [0.15, 0.2) is 0 Å². The Hall–Kier alpha value is -0.0831. The molecule has 0 fully saturated rings. The SMILES string of the molecule is C=C(C)CO[Si](CC(C)C)(C(C)C)C(C)(C)CC. The number of hydrogen-bond donors (Lipinski definition) is 0. The van der Waals surface area contributed by atoms with E-state index in [1.165, 1.54) is 12.5 Å². The first-order chi connectivity index (χ1) is 8.09. The number of hydrogen-bond acceptors (Lipinski definition) is 1. The summed E-state index contributed by atoms with van der Waals surface area (Å²) in [6, 6.07) is 1.25. The molecule has 1 unspecified atom stereocenters. The van der Waals surface area contributed by atoms with Crippen molar-refractivity contribution in [1.29, 1.82) is 0 Å². The van der Waals surface area contributed by atoms with E-state index in [4.69, 9.17) is 4.43 Å². The van der Waals surface area contributed by atoms with Gasteiger partial charge in [0.25, 0.3) is 0 Å². The van der Waals surface area contributed by atoms with Crippen molar-refractivity contribution in [2.24, 2.45) is 5.92 Å². The van der Waals surface area contributed by atoms with E-state index in [0.717, 1.165) is 12.2 Å². The topological polar surface area (TPSA) is 9.23 Å². The standard InChI is InChI=1S/C16H34OSi/c1-10-16(8,9)18(15(6)7,12-14(4)5)17-11-13(2)3/h14-15H,2,10-12H2,1,3-9H3. The molecule has 0 amide bonds. The molecule has 108 valence electrons. The summed E-state index contributed by atoms with van der Waals surface area (Å²) in [5.41, 5.74) is 1.79. The number of rotatable bonds is 8. The Morgan fingerprint density at radius 3 is 2.00 bits per heavy atom. The van der Waals surface area contributed by atoms with Gasteiger partial charge in [0, 0.05) is 0 Å². The van der Waals surface area contributed by atoms with Crippen LogP contribution in [0.4, 0.5) is 0 Å². The quantitative estimate of drug-likeness (QED) is 0.401. The fourth-order valence-corrected chi connectivity index (χ4v) is 8.62. The summed E-state index contributed by atoms with van der Waals surface area (Å²) in [5.74, 6) is 0.704. The molecule has 0 spiro atoms. The summed E-state index contributed by atoms with van der Waals surface area (Å²) >= 11 is 0. The van der Waals surface area contributed by atoms with Gasteiger partial charge in [-0.1, -0.05) is 67.0 Å². The molecule has 0 N–H and O–H groups in total. The Kier molecular flexibility index (Phi) is 6.87. The van der Waals surface area contributed by atoms with Crippen molar-refractivity contribution in [3.8, 4) is 0 Å². The molecule has 0 aliphatic heterocycles. The van der Waals surface area contributed by atoms with E-state index in [1.54, 1.807) is 0 Å². The van der Waals surface area contributed by atoms with Crippen LogP contribution in [0, 0.1) is 5.92 Å². The summed E-state index contributed by atoms with van der Waals surface area (Å²) in [5, 5.41) is 0.320. The molecule has 0 aromatic carbocycles. The van der Waals surface area contributed by atoms with E-state index in [9.17, 15) is 0 Å². The highest BCUT2D eigenvalue weighted by Gasteiger charge is 2.50. The molecule has 0 aromatic heterocycles. The fourth-order valence-electron chi connectivity index (χ4n) is 2.87. The lowest BCUT2D eigenvalue weighted by molar-refractivity contribution is 0.286. The first kappa shape index (κ1) is 17.9. The normalized spacial score (nSPS) is 16.1. The minimum atomic E-state index is -1.79. The molecule has 0 rings (SSSR count). The van der Waals surface area contributed by atoms with E-state index in [2.05, 4.69) is 62.0 Å². The van der Waals surface area contributed by atoms with Gasteiger partial charge in [-0.05, 0) is 29.5 Å². The summed E-state index contributed by atoms with van der Waals surface area (Å²) in [4.78, 5) is 0. The second kappa shape index (κ2) is 6.90. The lowest BCUT2D eigenvalue weighted by Crippen LogP contribution is -2.52. The Balaban J connectivity index is 5.35. The largest absolute Gasteiger partial charge is 0.412 e. The minimum Gasteiger partial charge on any atom is -0.412 e. The summed E-state index contributed by atoms with van der Waals surface area (Å²) < 4.78 is 6.56. The van der Waals surface area contributed by atoms with Crippen LogP contribution in [0.5, 0.6) is 0 Å². The van der Waals surface area contributed by atoms with Crippen LogP contribution in [-0.4, -0.2) is 14.9 Å². The van der Waals surface area contributed by atoms with Crippen molar-refractivity contribution < 1.29 is 4.43 Å². The van der Waals surface area contributed by atoms with Crippen LogP contribution < -0.4 is 0 Å². The Morgan fingerprint density at radius 1 is 1.22 bits per heavy atom. The zero-order valence-electron chi connectivity index (χ0n) is 13.9. The van der Waals surface area contributed by atoms with Crippen molar-refractivity contribution in [2.45, 2.75) is 78.4 Å². The zero-order valence-corrected chi connectivity index (χ0v) is 14.9. The molecule has 0 aromatic rings. The molecule has 0 saturated carbocycles. The van der Waals surface area contributed by atoms with Crippen LogP contribution >= 0.6 is 0 Å².